The fraction of sp³-hybridized carbons (Fsp3) is 0.375. The highest BCUT2D eigenvalue weighted by molar-refractivity contribution is 6.67. The maximum absolute atomic E-state index is 10.8. The summed E-state index contributed by atoms with van der Waals surface area (Å²) < 4.78 is 1.77. The summed E-state index contributed by atoms with van der Waals surface area (Å²) in [6, 6.07) is 1.59. The van der Waals surface area contributed by atoms with Gasteiger partial charge in [-0.15, -0.1) is 0 Å². The Bertz CT molecular complexity index is 293. The van der Waals surface area contributed by atoms with E-state index in [2.05, 4.69) is 0 Å². The largest absolute Gasteiger partial charge is 0.397 e. The lowest BCUT2D eigenvalue weighted by atomic mass is 10.4. The molecule has 0 aliphatic rings. The Morgan fingerprint density at radius 2 is 2.42 bits per heavy atom. The first-order valence-corrected chi connectivity index (χ1v) is 4.18. The minimum absolute atomic E-state index is 0.458. The van der Waals surface area contributed by atoms with E-state index in [4.69, 9.17) is 17.3 Å². The smallest absolute Gasteiger partial charge is 0.268 e. The van der Waals surface area contributed by atoms with E-state index in [1.807, 2.05) is 6.92 Å². The average Bonchev–Trinajstić information content (AvgIpc) is 2.32. The number of carbonyl (C=O) groups is 1. The van der Waals surface area contributed by atoms with Gasteiger partial charge in [0.15, 0.2) is 0 Å². The van der Waals surface area contributed by atoms with Crippen molar-refractivity contribution < 1.29 is 4.79 Å². The lowest BCUT2D eigenvalue weighted by Gasteiger charge is -2.01. The zero-order valence-corrected chi connectivity index (χ0v) is 7.64. The summed E-state index contributed by atoms with van der Waals surface area (Å²) in [4.78, 5) is 10.8. The van der Waals surface area contributed by atoms with Crippen molar-refractivity contribution >= 4 is 22.5 Å². The summed E-state index contributed by atoms with van der Waals surface area (Å²) in [5.41, 5.74) is 6.56. The molecule has 0 aromatic carbocycles. The molecule has 0 atom stereocenters. The van der Waals surface area contributed by atoms with Gasteiger partial charge in [0.25, 0.3) is 5.24 Å². The molecule has 0 saturated heterocycles. The molecule has 0 aliphatic carbocycles. The number of aryl methyl sites for hydroxylation is 1. The molecule has 0 amide bonds. The molecule has 1 heterocycles. The summed E-state index contributed by atoms with van der Waals surface area (Å²) in [7, 11) is 0. The van der Waals surface area contributed by atoms with Crippen LogP contribution >= 0.6 is 11.6 Å². The van der Waals surface area contributed by atoms with E-state index in [1.165, 1.54) is 0 Å². The molecule has 12 heavy (non-hydrogen) atoms. The number of carbonyl (C=O) groups excluding carboxylic acids is 1. The van der Waals surface area contributed by atoms with Gasteiger partial charge in [-0.3, -0.25) is 4.79 Å². The van der Waals surface area contributed by atoms with Crippen LogP contribution in [-0.4, -0.2) is 9.81 Å². The predicted octanol–water partition coefficient (Wildman–Crippen LogP) is 1.86. The van der Waals surface area contributed by atoms with Crippen molar-refractivity contribution in [2.45, 2.75) is 19.9 Å². The van der Waals surface area contributed by atoms with E-state index in [0.29, 0.717) is 11.4 Å². The van der Waals surface area contributed by atoms with Crippen LogP contribution in [0.25, 0.3) is 0 Å². The van der Waals surface area contributed by atoms with Crippen LogP contribution in [0.1, 0.15) is 23.8 Å². The number of nitrogen functional groups attached to an aromatic ring is 1. The van der Waals surface area contributed by atoms with E-state index in [1.54, 1.807) is 16.8 Å². The SMILES string of the molecule is CCCn1cc(N)cc1C(=O)Cl. The number of aromatic nitrogens is 1. The molecule has 0 saturated carbocycles. The molecule has 0 radical (unpaired) electrons. The molecule has 0 unspecified atom stereocenters. The minimum Gasteiger partial charge on any atom is -0.397 e. The van der Waals surface area contributed by atoms with Crippen LogP contribution < -0.4 is 5.73 Å². The summed E-state index contributed by atoms with van der Waals surface area (Å²) >= 11 is 5.34. The van der Waals surface area contributed by atoms with Crippen LogP contribution in [0, 0.1) is 0 Å². The minimum atomic E-state index is -0.458. The van der Waals surface area contributed by atoms with Crippen molar-refractivity contribution in [2.75, 3.05) is 5.73 Å². The van der Waals surface area contributed by atoms with Crippen molar-refractivity contribution in [3.63, 3.8) is 0 Å². The average molecular weight is 187 g/mol. The van der Waals surface area contributed by atoms with Crippen LogP contribution in [0.5, 0.6) is 0 Å². The molecular formula is C8H11ClN2O. The number of hydrogen-bond donors (Lipinski definition) is 1. The number of anilines is 1. The van der Waals surface area contributed by atoms with Crippen LogP contribution in [0.2, 0.25) is 0 Å². The van der Waals surface area contributed by atoms with Gasteiger partial charge < -0.3 is 10.3 Å². The Hall–Kier alpha value is -0.960. The maximum Gasteiger partial charge on any atom is 0.268 e. The maximum atomic E-state index is 10.8. The summed E-state index contributed by atoms with van der Waals surface area (Å²) in [6.45, 7) is 2.80. The van der Waals surface area contributed by atoms with E-state index in [0.717, 1.165) is 13.0 Å². The molecule has 3 nitrogen and oxygen atoms in total. The third-order valence-electron chi connectivity index (χ3n) is 1.58. The second-order valence-electron chi connectivity index (χ2n) is 2.63. The molecule has 0 spiro atoms. The fourth-order valence-corrected chi connectivity index (χ4v) is 1.29. The number of nitrogens with two attached hydrogens (primary N) is 1. The summed E-state index contributed by atoms with van der Waals surface area (Å²) in [6.07, 6.45) is 2.67. The van der Waals surface area contributed by atoms with Crippen molar-refractivity contribution in [3.8, 4) is 0 Å². The summed E-state index contributed by atoms with van der Waals surface area (Å²) in [5, 5.41) is -0.458. The van der Waals surface area contributed by atoms with Gasteiger partial charge in [-0.25, -0.2) is 0 Å². The monoisotopic (exact) mass is 186 g/mol. The lowest BCUT2D eigenvalue weighted by molar-refractivity contribution is 0.107. The highest BCUT2D eigenvalue weighted by Gasteiger charge is 2.08. The number of nitrogens with zero attached hydrogens (tertiary/aromatic N) is 1. The first-order valence-electron chi connectivity index (χ1n) is 3.80. The first-order chi connectivity index (χ1) is 5.65. The molecular weight excluding hydrogens is 176 g/mol. The Morgan fingerprint density at radius 3 is 2.92 bits per heavy atom. The van der Waals surface area contributed by atoms with E-state index >= 15 is 0 Å². The predicted molar refractivity (Wildman–Crippen MR) is 49.3 cm³/mol. The topological polar surface area (TPSA) is 48.0 Å². The fourth-order valence-electron chi connectivity index (χ4n) is 1.12. The number of halogens is 1. The molecule has 0 bridgehead atoms. The van der Waals surface area contributed by atoms with Crippen LogP contribution in [0.15, 0.2) is 12.3 Å². The van der Waals surface area contributed by atoms with Crippen molar-refractivity contribution in [3.05, 3.63) is 18.0 Å². The second-order valence-corrected chi connectivity index (χ2v) is 2.97. The quantitative estimate of drug-likeness (QED) is 0.733. The third kappa shape index (κ3) is 1.80. The van der Waals surface area contributed by atoms with Crippen molar-refractivity contribution in [2.24, 2.45) is 0 Å². The van der Waals surface area contributed by atoms with Gasteiger partial charge in [0.05, 0.1) is 5.69 Å². The molecule has 1 aromatic heterocycles. The zero-order chi connectivity index (χ0) is 9.14. The van der Waals surface area contributed by atoms with Crippen LogP contribution in [-0.2, 0) is 6.54 Å². The van der Waals surface area contributed by atoms with Crippen molar-refractivity contribution in [1.82, 2.24) is 4.57 Å². The first kappa shape index (κ1) is 9.13. The van der Waals surface area contributed by atoms with Gasteiger partial charge in [0.2, 0.25) is 0 Å². The summed E-state index contributed by atoms with van der Waals surface area (Å²) in [5.74, 6) is 0. The molecule has 0 fully saturated rings. The van der Waals surface area contributed by atoms with E-state index in [-0.39, 0.29) is 0 Å². The van der Waals surface area contributed by atoms with Gasteiger partial charge in [0, 0.05) is 12.7 Å². The van der Waals surface area contributed by atoms with E-state index in [9.17, 15) is 4.79 Å². The molecule has 1 aromatic rings. The Balaban J connectivity index is 2.99. The normalized spacial score (nSPS) is 10.2. The highest BCUT2D eigenvalue weighted by Crippen LogP contribution is 2.13. The molecule has 2 N–H and O–H groups in total. The van der Waals surface area contributed by atoms with Gasteiger partial charge in [-0.1, -0.05) is 6.92 Å². The highest BCUT2D eigenvalue weighted by atomic mass is 35.5. The van der Waals surface area contributed by atoms with Crippen LogP contribution in [0.3, 0.4) is 0 Å². The Kier molecular flexibility index (Phi) is 2.76. The van der Waals surface area contributed by atoms with E-state index < -0.39 is 5.24 Å². The molecule has 4 heteroatoms. The van der Waals surface area contributed by atoms with Crippen molar-refractivity contribution in [1.29, 1.82) is 0 Å². The Morgan fingerprint density at radius 1 is 1.75 bits per heavy atom. The molecule has 66 valence electrons. The Labute approximate surface area is 76.1 Å². The van der Waals surface area contributed by atoms with Gasteiger partial charge >= 0.3 is 0 Å². The number of hydrogen-bond acceptors (Lipinski definition) is 2. The van der Waals surface area contributed by atoms with Gasteiger partial charge in [-0.05, 0) is 24.1 Å². The second kappa shape index (κ2) is 3.63. The zero-order valence-electron chi connectivity index (χ0n) is 6.88. The van der Waals surface area contributed by atoms with Gasteiger partial charge in [-0.2, -0.15) is 0 Å². The standard InChI is InChI=1S/C8H11ClN2O/c1-2-3-11-5-6(10)4-7(11)8(9)12/h4-5H,2-3,10H2,1H3. The molecule has 1 rings (SSSR count). The van der Waals surface area contributed by atoms with Gasteiger partial charge in [0.1, 0.15) is 5.69 Å². The lowest BCUT2D eigenvalue weighted by Crippen LogP contribution is -2.03. The number of rotatable bonds is 3. The van der Waals surface area contributed by atoms with Crippen LogP contribution in [0.4, 0.5) is 5.69 Å². The molecule has 0 aliphatic heterocycles. The third-order valence-corrected chi connectivity index (χ3v) is 1.78.